The van der Waals surface area contributed by atoms with Crippen LogP contribution in [0.4, 0.5) is 0 Å². The molecular formula is C18H24O4. The molecule has 0 spiro atoms. The van der Waals surface area contributed by atoms with E-state index in [0.29, 0.717) is 30.3 Å². The van der Waals surface area contributed by atoms with Gasteiger partial charge in [0, 0.05) is 23.8 Å². The second-order valence-corrected chi connectivity index (χ2v) is 7.48. The van der Waals surface area contributed by atoms with Gasteiger partial charge in [-0.1, -0.05) is 18.2 Å². The molecule has 0 aromatic rings. The van der Waals surface area contributed by atoms with E-state index in [2.05, 4.69) is 12.2 Å². The van der Waals surface area contributed by atoms with Crippen LogP contribution in [0.2, 0.25) is 0 Å². The Morgan fingerprint density at radius 2 is 1.91 bits per heavy atom. The molecule has 2 fully saturated rings. The van der Waals surface area contributed by atoms with Crippen molar-refractivity contribution in [3.8, 4) is 0 Å². The molecular weight excluding hydrogens is 280 g/mol. The van der Waals surface area contributed by atoms with E-state index in [1.54, 1.807) is 6.08 Å². The fourth-order valence-corrected chi connectivity index (χ4v) is 4.53. The zero-order valence-corrected chi connectivity index (χ0v) is 13.2. The third-order valence-electron chi connectivity index (χ3n) is 5.62. The lowest BCUT2D eigenvalue weighted by Crippen LogP contribution is -2.31. The minimum Gasteiger partial charge on any atom is -0.458 e. The fraction of sp³-hybridized carbons (Fsp3) is 0.722. The van der Waals surface area contributed by atoms with Gasteiger partial charge in [-0.15, -0.1) is 0 Å². The fourth-order valence-electron chi connectivity index (χ4n) is 4.53. The van der Waals surface area contributed by atoms with Gasteiger partial charge in [0.1, 0.15) is 6.10 Å². The van der Waals surface area contributed by atoms with Gasteiger partial charge in [-0.05, 0) is 39.0 Å². The lowest BCUT2D eigenvalue weighted by molar-refractivity contribution is -0.148. The standard InChI is InChI=1S/C18H24O4/c1-18(2)20-10-15(22-18)11-3-4-12-9-13-6-8-16(19)21-17(13)14(12)7-5-11/h3-4,6,8,11-15,17H,5,7,9-10H2,1-2H3/t11-,12-,13+,14+,15+,17+/m1/s1. The number of ether oxygens (including phenoxy) is 3. The highest BCUT2D eigenvalue weighted by Crippen LogP contribution is 2.47. The largest absolute Gasteiger partial charge is 0.458 e. The normalized spacial score (nSPS) is 46.0. The van der Waals surface area contributed by atoms with Crippen LogP contribution in [-0.4, -0.2) is 30.6 Å². The molecule has 4 aliphatic rings. The summed E-state index contributed by atoms with van der Waals surface area (Å²) in [5.41, 5.74) is 0. The molecule has 0 amide bonds. The van der Waals surface area contributed by atoms with Crippen LogP contribution in [0.3, 0.4) is 0 Å². The van der Waals surface area contributed by atoms with Crippen molar-refractivity contribution in [2.45, 2.75) is 51.1 Å². The molecule has 0 N–H and O–H groups in total. The first-order valence-electron chi connectivity index (χ1n) is 8.41. The van der Waals surface area contributed by atoms with E-state index >= 15 is 0 Å². The van der Waals surface area contributed by atoms with E-state index in [0.717, 1.165) is 19.3 Å². The van der Waals surface area contributed by atoms with Crippen LogP contribution < -0.4 is 0 Å². The van der Waals surface area contributed by atoms with Crippen molar-refractivity contribution in [1.82, 2.24) is 0 Å². The monoisotopic (exact) mass is 304 g/mol. The molecule has 0 aromatic carbocycles. The molecule has 1 saturated carbocycles. The van der Waals surface area contributed by atoms with Crippen molar-refractivity contribution in [3.05, 3.63) is 24.3 Å². The Morgan fingerprint density at radius 1 is 1.09 bits per heavy atom. The first kappa shape index (κ1) is 14.5. The Hall–Kier alpha value is -1.13. The highest BCUT2D eigenvalue weighted by atomic mass is 16.7. The van der Waals surface area contributed by atoms with E-state index in [4.69, 9.17) is 14.2 Å². The van der Waals surface area contributed by atoms with E-state index in [1.807, 2.05) is 19.9 Å². The number of allylic oxidation sites excluding steroid dienone is 1. The highest BCUT2D eigenvalue weighted by molar-refractivity contribution is 5.83. The average Bonchev–Trinajstić information content (AvgIpc) is 2.92. The third-order valence-corrected chi connectivity index (χ3v) is 5.62. The summed E-state index contributed by atoms with van der Waals surface area (Å²) in [6.07, 6.45) is 11.8. The quantitative estimate of drug-likeness (QED) is 0.552. The highest BCUT2D eigenvalue weighted by Gasteiger charge is 2.46. The van der Waals surface area contributed by atoms with E-state index in [1.165, 1.54) is 0 Å². The van der Waals surface area contributed by atoms with Crippen molar-refractivity contribution in [3.63, 3.8) is 0 Å². The molecule has 0 unspecified atom stereocenters. The zero-order chi connectivity index (χ0) is 15.3. The van der Waals surface area contributed by atoms with Crippen LogP contribution in [0, 0.1) is 23.7 Å². The number of hydrogen-bond acceptors (Lipinski definition) is 4. The van der Waals surface area contributed by atoms with Crippen molar-refractivity contribution in [2.24, 2.45) is 23.7 Å². The Balaban J connectivity index is 1.47. The van der Waals surface area contributed by atoms with Gasteiger partial charge in [0.15, 0.2) is 5.79 Å². The van der Waals surface area contributed by atoms with Gasteiger partial charge in [-0.25, -0.2) is 4.79 Å². The minimum atomic E-state index is -0.463. The summed E-state index contributed by atoms with van der Waals surface area (Å²) >= 11 is 0. The Labute approximate surface area is 131 Å². The molecule has 2 aliphatic carbocycles. The van der Waals surface area contributed by atoms with Crippen molar-refractivity contribution < 1.29 is 19.0 Å². The van der Waals surface area contributed by atoms with Gasteiger partial charge in [0.05, 0.1) is 12.7 Å². The smallest absolute Gasteiger partial charge is 0.330 e. The zero-order valence-electron chi connectivity index (χ0n) is 13.2. The second kappa shape index (κ2) is 5.20. The van der Waals surface area contributed by atoms with Gasteiger partial charge >= 0.3 is 5.97 Å². The summed E-state index contributed by atoms with van der Waals surface area (Å²) in [6, 6.07) is 0. The van der Waals surface area contributed by atoms with Crippen LogP contribution in [0.5, 0.6) is 0 Å². The topological polar surface area (TPSA) is 44.8 Å². The number of carbonyl (C=O) groups is 1. The molecule has 2 heterocycles. The molecule has 6 atom stereocenters. The maximum Gasteiger partial charge on any atom is 0.330 e. The van der Waals surface area contributed by atoms with Crippen molar-refractivity contribution in [1.29, 1.82) is 0 Å². The SMILES string of the molecule is CC1(C)OC[C@@H]([C@@H]2C=C[C@@H]3C[C@@H]4C=CC(=O)O[C@@H]4[C@H]3CC2)O1. The number of carbonyl (C=O) groups excluding carboxylic acids is 1. The molecule has 0 radical (unpaired) electrons. The first-order chi connectivity index (χ1) is 10.5. The maximum absolute atomic E-state index is 11.5. The number of fused-ring (bicyclic) bond motifs is 3. The molecule has 2 aliphatic heterocycles. The Bertz CT molecular complexity index is 521. The van der Waals surface area contributed by atoms with Gasteiger partial charge in [-0.2, -0.15) is 0 Å². The van der Waals surface area contributed by atoms with Crippen LogP contribution in [0.25, 0.3) is 0 Å². The van der Waals surface area contributed by atoms with Gasteiger partial charge in [-0.3, -0.25) is 0 Å². The summed E-state index contributed by atoms with van der Waals surface area (Å²) in [5.74, 6) is 1.14. The van der Waals surface area contributed by atoms with Gasteiger partial charge in [0.25, 0.3) is 0 Å². The number of hydrogen-bond donors (Lipinski definition) is 0. The summed E-state index contributed by atoms with van der Waals surface area (Å²) in [6.45, 7) is 4.61. The number of rotatable bonds is 1. The molecule has 4 rings (SSSR count). The van der Waals surface area contributed by atoms with E-state index < -0.39 is 5.79 Å². The predicted molar refractivity (Wildman–Crippen MR) is 80.9 cm³/mol. The Kier molecular flexibility index (Phi) is 3.42. The summed E-state index contributed by atoms with van der Waals surface area (Å²) in [4.78, 5) is 11.5. The average molecular weight is 304 g/mol. The van der Waals surface area contributed by atoms with Crippen LogP contribution in [-0.2, 0) is 19.0 Å². The maximum atomic E-state index is 11.5. The summed E-state index contributed by atoms with van der Waals surface area (Å²) < 4.78 is 17.3. The van der Waals surface area contributed by atoms with E-state index in [9.17, 15) is 4.79 Å². The lowest BCUT2D eigenvalue weighted by Gasteiger charge is -2.27. The summed E-state index contributed by atoms with van der Waals surface area (Å²) in [7, 11) is 0. The molecule has 1 saturated heterocycles. The summed E-state index contributed by atoms with van der Waals surface area (Å²) in [5, 5.41) is 0. The third kappa shape index (κ3) is 2.52. The molecule has 4 nitrogen and oxygen atoms in total. The second-order valence-electron chi connectivity index (χ2n) is 7.48. The van der Waals surface area contributed by atoms with Crippen LogP contribution >= 0.6 is 0 Å². The molecule has 0 aromatic heterocycles. The first-order valence-corrected chi connectivity index (χ1v) is 8.41. The molecule has 120 valence electrons. The minimum absolute atomic E-state index is 0.0723. The molecule has 4 heteroatoms. The van der Waals surface area contributed by atoms with Crippen molar-refractivity contribution in [2.75, 3.05) is 6.61 Å². The lowest BCUT2D eigenvalue weighted by atomic mass is 9.89. The van der Waals surface area contributed by atoms with Crippen LogP contribution in [0.15, 0.2) is 24.3 Å². The molecule has 0 bridgehead atoms. The number of esters is 1. The Morgan fingerprint density at radius 3 is 2.68 bits per heavy atom. The van der Waals surface area contributed by atoms with Crippen molar-refractivity contribution >= 4 is 5.97 Å². The van der Waals surface area contributed by atoms with Gasteiger partial charge < -0.3 is 14.2 Å². The molecule has 22 heavy (non-hydrogen) atoms. The predicted octanol–water partition coefficient (Wildman–Crippen LogP) is 2.84. The van der Waals surface area contributed by atoms with E-state index in [-0.39, 0.29) is 18.2 Å². The van der Waals surface area contributed by atoms with Crippen LogP contribution in [0.1, 0.15) is 33.1 Å². The van der Waals surface area contributed by atoms with Gasteiger partial charge in [0.2, 0.25) is 0 Å².